The fourth-order valence-electron chi connectivity index (χ4n) is 7.76. The van der Waals surface area contributed by atoms with Gasteiger partial charge in [0.2, 0.25) is 0 Å². The van der Waals surface area contributed by atoms with Gasteiger partial charge in [0.05, 0.1) is 10.9 Å². The van der Waals surface area contributed by atoms with Crippen molar-refractivity contribution in [3.05, 3.63) is 68.7 Å². The highest BCUT2D eigenvalue weighted by molar-refractivity contribution is 7.86. The summed E-state index contributed by atoms with van der Waals surface area (Å²) in [5.74, 6) is -0.925. The predicted octanol–water partition coefficient (Wildman–Crippen LogP) is 5.51. The van der Waals surface area contributed by atoms with Crippen LogP contribution in [0, 0.1) is 0 Å². The lowest BCUT2D eigenvalue weighted by molar-refractivity contribution is -0.137. The van der Waals surface area contributed by atoms with Crippen molar-refractivity contribution in [2.75, 3.05) is 23.7 Å². The molecule has 0 spiro atoms. The molecule has 244 valence electrons. The van der Waals surface area contributed by atoms with E-state index in [4.69, 9.17) is 4.99 Å². The molecule has 3 N–H and O–H groups in total. The van der Waals surface area contributed by atoms with Crippen LogP contribution >= 0.6 is 0 Å². The summed E-state index contributed by atoms with van der Waals surface area (Å²) in [6.07, 6.45) is 5.58. The molecule has 0 saturated heterocycles. The number of nitrogens with zero attached hydrogens (tertiary/aromatic N) is 2. The van der Waals surface area contributed by atoms with Crippen molar-refractivity contribution < 1.29 is 22.9 Å². The Hall–Kier alpha value is -3.17. The normalized spacial score (nSPS) is 20.6. The van der Waals surface area contributed by atoms with Gasteiger partial charge in [0.25, 0.3) is 10.1 Å². The molecular weight excluding hydrogens is 586 g/mol. The molecule has 1 atom stereocenters. The summed E-state index contributed by atoms with van der Waals surface area (Å²) in [6, 6.07) is 8.88. The number of hydrogen-bond donors (Lipinski definition) is 3. The van der Waals surface area contributed by atoms with Gasteiger partial charge in [-0.25, -0.2) is 0 Å². The smallest absolute Gasteiger partial charge is 0.303 e. The summed E-state index contributed by atoms with van der Waals surface area (Å²) in [6.45, 7) is 18.8. The van der Waals surface area contributed by atoms with Crippen molar-refractivity contribution >= 4 is 33.0 Å². The SMILES string of the molecule is CCCCNC1=c2cc3c(cc2C(C)(C)c2cc4c(cc21)C(C)CC(C)(C)N4CCCC(=O)O)=NC(C)(C)C=C3CS(=O)(=O)O. The zero-order valence-electron chi connectivity index (χ0n) is 28.0. The second-order valence-corrected chi connectivity index (χ2v) is 16.3. The first-order chi connectivity index (χ1) is 20.8. The van der Waals surface area contributed by atoms with Gasteiger partial charge < -0.3 is 15.3 Å². The minimum atomic E-state index is -4.25. The van der Waals surface area contributed by atoms with E-state index in [1.807, 2.05) is 19.9 Å². The van der Waals surface area contributed by atoms with Gasteiger partial charge in [0.1, 0.15) is 5.75 Å². The minimum absolute atomic E-state index is 0.124. The highest BCUT2D eigenvalue weighted by atomic mass is 32.2. The van der Waals surface area contributed by atoms with Gasteiger partial charge in [-0.2, -0.15) is 8.42 Å². The number of rotatable bonds is 10. The average Bonchev–Trinajstić information content (AvgIpc) is 2.89. The van der Waals surface area contributed by atoms with Crippen LogP contribution in [-0.4, -0.2) is 54.0 Å². The largest absolute Gasteiger partial charge is 0.481 e. The number of benzene rings is 2. The summed E-state index contributed by atoms with van der Waals surface area (Å²) in [5, 5.41) is 14.9. The standard InChI is InChI=1S/C36H49N3O5S/c1-9-10-13-37-33-26-15-24-22(2)19-35(5,6)39(14-11-12-32(40)41)31(24)18-29(26)36(7,8)28-17-30-25(16-27(28)33)23(21-45(42,43)44)20-34(3,4)38-30/h15-18,20,22,37H,9-14,19,21H2,1-8H3,(H,40,41)(H,42,43,44). The van der Waals surface area contributed by atoms with Gasteiger partial charge in [-0.1, -0.05) is 40.2 Å². The molecule has 0 amide bonds. The van der Waals surface area contributed by atoms with Gasteiger partial charge in [-0.3, -0.25) is 14.3 Å². The maximum atomic E-state index is 12.1. The van der Waals surface area contributed by atoms with Crippen molar-refractivity contribution in [1.29, 1.82) is 0 Å². The Morgan fingerprint density at radius 3 is 2.40 bits per heavy atom. The Kier molecular flexibility index (Phi) is 8.53. The number of fused-ring (bicyclic) bond motifs is 4. The Bertz CT molecular complexity index is 1800. The molecule has 0 bridgehead atoms. The highest BCUT2D eigenvalue weighted by Gasteiger charge is 2.41. The maximum absolute atomic E-state index is 12.1. The van der Waals surface area contributed by atoms with Gasteiger partial charge in [-0.05, 0) is 99.4 Å². The molecule has 5 rings (SSSR count). The zero-order chi connectivity index (χ0) is 33.1. The van der Waals surface area contributed by atoms with Crippen LogP contribution in [-0.2, 0) is 20.3 Å². The molecule has 2 aliphatic heterocycles. The Morgan fingerprint density at radius 1 is 1.04 bits per heavy atom. The predicted molar refractivity (Wildman–Crippen MR) is 181 cm³/mol. The molecule has 2 heterocycles. The van der Waals surface area contributed by atoms with Crippen LogP contribution in [0.4, 0.5) is 5.69 Å². The fourth-order valence-corrected chi connectivity index (χ4v) is 8.39. The fraction of sp³-hybridized carbons (Fsp3) is 0.556. The van der Waals surface area contributed by atoms with Gasteiger partial charge in [0, 0.05) is 58.2 Å². The molecule has 0 radical (unpaired) electrons. The van der Waals surface area contributed by atoms with E-state index in [0.717, 1.165) is 58.8 Å². The molecular formula is C36H49N3O5S. The number of aliphatic carboxylic acids is 1. The number of unbranched alkanes of at least 4 members (excludes halogenated alkanes) is 1. The topological polar surface area (TPSA) is 119 Å². The second kappa shape index (κ2) is 11.6. The van der Waals surface area contributed by atoms with Crippen LogP contribution in [0.1, 0.15) is 121 Å². The third-order valence-electron chi connectivity index (χ3n) is 9.77. The highest BCUT2D eigenvalue weighted by Crippen LogP contribution is 2.48. The van der Waals surface area contributed by atoms with Crippen LogP contribution in [0.15, 0.2) is 35.3 Å². The summed E-state index contributed by atoms with van der Waals surface area (Å²) in [5.41, 5.74) is 7.06. The molecule has 0 saturated carbocycles. The van der Waals surface area contributed by atoms with E-state index in [1.165, 1.54) is 16.8 Å². The molecule has 0 fully saturated rings. The molecule has 2 aromatic rings. The summed E-state index contributed by atoms with van der Waals surface area (Å²) >= 11 is 0. The van der Waals surface area contributed by atoms with Gasteiger partial charge >= 0.3 is 5.97 Å². The molecule has 8 nitrogen and oxygen atoms in total. The van der Waals surface area contributed by atoms with Crippen LogP contribution in [0.2, 0.25) is 0 Å². The van der Waals surface area contributed by atoms with Crippen LogP contribution in [0.3, 0.4) is 0 Å². The minimum Gasteiger partial charge on any atom is -0.481 e. The zero-order valence-corrected chi connectivity index (χ0v) is 28.9. The van der Waals surface area contributed by atoms with Crippen molar-refractivity contribution in [2.45, 2.75) is 110 Å². The van der Waals surface area contributed by atoms with Crippen LogP contribution in [0.5, 0.6) is 0 Å². The lowest BCUT2D eigenvalue weighted by atomic mass is 9.68. The number of nitrogens with one attached hydrogen (secondary N) is 1. The second-order valence-electron chi connectivity index (χ2n) is 14.9. The van der Waals surface area contributed by atoms with E-state index in [-0.39, 0.29) is 12.0 Å². The van der Waals surface area contributed by atoms with E-state index in [9.17, 15) is 22.9 Å². The van der Waals surface area contributed by atoms with Gasteiger partial charge in [-0.15, -0.1) is 0 Å². The molecule has 3 aliphatic rings. The molecule has 45 heavy (non-hydrogen) atoms. The summed E-state index contributed by atoms with van der Waals surface area (Å²) in [7, 11) is -4.25. The van der Waals surface area contributed by atoms with Crippen LogP contribution in [0.25, 0.3) is 11.3 Å². The van der Waals surface area contributed by atoms with E-state index < -0.39 is 32.8 Å². The molecule has 1 unspecified atom stereocenters. The van der Waals surface area contributed by atoms with E-state index in [0.29, 0.717) is 24.5 Å². The van der Waals surface area contributed by atoms with Crippen molar-refractivity contribution in [3.8, 4) is 0 Å². The monoisotopic (exact) mass is 635 g/mol. The Morgan fingerprint density at radius 2 is 1.76 bits per heavy atom. The number of hydrogen-bond acceptors (Lipinski definition) is 6. The Labute approximate surface area is 268 Å². The Balaban J connectivity index is 1.79. The van der Waals surface area contributed by atoms with E-state index in [1.54, 1.807) is 0 Å². The number of carboxylic acids is 1. The number of carboxylic acid groups (broad SMARTS) is 1. The van der Waals surface area contributed by atoms with Gasteiger partial charge in [0.15, 0.2) is 0 Å². The molecule has 9 heteroatoms. The number of carbonyl (C=O) groups is 1. The maximum Gasteiger partial charge on any atom is 0.303 e. The summed E-state index contributed by atoms with van der Waals surface area (Å²) in [4.78, 5) is 18.8. The van der Waals surface area contributed by atoms with Crippen LogP contribution < -0.4 is 20.8 Å². The van der Waals surface area contributed by atoms with Crippen molar-refractivity contribution in [1.82, 2.24) is 5.32 Å². The lowest BCUT2D eigenvalue weighted by Gasteiger charge is -2.49. The summed E-state index contributed by atoms with van der Waals surface area (Å²) < 4.78 is 34.0. The first-order valence-electron chi connectivity index (χ1n) is 16.2. The quantitative estimate of drug-likeness (QED) is 0.233. The first-order valence-corrected chi connectivity index (χ1v) is 17.8. The molecule has 2 aromatic carbocycles. The first kappa shape index (κ1) is 33.2. The third kappa shape index (κ3) is 6.43. The molecule has 1 aliphatic carbocycles. The van der Waals surface area contributed by atoms with E-state index in [2.05, 4.69) is 76.0 Å². The van der Waals surface area contributed by atoms with Crippen molar-refractivity contribution in [2.24, 2.45) is 4.99 Å². The lowest BCUT2D eigenvalue weighted by Crippen LogP contribution is -2.49. The molecule has 0 aromatic heterocycles. The average molecular weight is 636 g/mol. The third-order valence-corrected chi connectivity index (χ3v) is 10.4. The van der Waals surface area contributed by atoms with Crippen molar-refractivity contribution in [3.63, 3.8) is 0 Å². The van der Waals surface area contributed by atoms with E-state index >= 15 is 0 Å². The number of anilines is 1.